The van der Waals surface area contributed by atoms with E-state index in [9.17, 15) is 19.2 Å². The third kappa shape index (κ3) is 2.84. The molecular formula is C28H20ClNO6. The highest BCUT2D eigenvalue weighted by Gasteiger charge is 2.74. The van der Waals surface area contributed by atoms with Crippen LogP contribution in [0, 0.1) is 18.8 Å². The Labute approximate surface area is 211 Å². The van der Waals surface area contributed by atoms with Gasteiger partial charge in [0.15, 0.2) is 0 Å². The zero-order chi connectivity index (χ0) is 25.4. The molecule has 0 radical (unpaired) electrons. The first-order chi connectivity index (χ1) is 17.3. The Bertz CT molecular complexity index is 1440. The van der Waals surface area contributed by atoms with Gasteiger partial charge in [-0.05, 0) is 30.7 Å². The standard InChI is InChI=1S/C28H20ClNO6/c1-14-7-9-15(10-8-14)23-21-22(28(36-23)24(31)17-5-3-4-6-18(17)25(28)32)27(34)30(26(21)33)19-13-16(29)11-12-20(19)35-2/h3-13,21-23H,1-2H3/t21-,22+,23+/m0/s1. The van der Waals surface area contributed by atoms with Crippen LogP contribution in [-0.4, -0.2) is 36.1 Å². The Hall–Kier alpha value is -3.81. The number of fused-ring (bicyclic) bond motifs is 3. The van der Waals surface area contributed by atoms with Crippen LogP contribution in [0.2, 0.25) is 5.02 Å². The van der Waals surface area contributed by atoms with Gasteiger partial charge in [-0.2, -0.15) is 0 Å². The quantitative estimate of drug-likeness (QED) is 0.391. The predicted molar refractivity (Wildman–Crippen MR) is 130 cm³/mol. The van der Waals surface area contributed by atoms with E-state index in [0.717, 1.165) is 10.5 Å². The number of aryl methyl sites for hydroxylation is 1. The van der Waals surface area contributed by atoms with E-state index in [-0.39, 0.29) is 22.6 Å². The molecule has 3 atom stereocenters. The number of carbonyl (C=O) groups excluding carboxylic acids is 4. The summed E-state index contributed by atoms with van der Waals surface area (Å²) in [6.07, 6.45) is -0.982. The molecule has 6 rings (SSSR count). The van der Waals surface area contributed by atoms with Crippen LogP contribution in [0.1, 0.15) is 37.9 Å². The number of benzene rings is 3. The average molecular weight is 502 g/mol. The van der Waals surface area contributed by atoms with Crippen LogP contribution in [-0.2, 0) is 14.3 Å². The van der Waals surface area contributed by atoms with E-state index >= 15 is 0 Å². The van der Waals surface area contributed by atoms with Crippen molar-refractivity contribution >= 4 is 40.7 Å². The molecule has 0 unspecified atom stereocenters. The van der Waals surface area contributed by atoms with Gasteiger partial charge in [-0.1, -0.05) is 65.7 Å². The van der Waals surface area contributed by atoms with Gasteiger partial charge in [0.05, 0.1) is 30.7 Å². The maximum absolute atomic E-state index is 14.0. The number of halogens is 1. The van der Waals surface area contributed by atoms with Crippen LogP contribution < -0.4 is 9.64 Å². The molecular weight excluding hydrogens is 482 g/mol. The number of hydrogen-bond acceptors (Lipinski definition) is 6. The number of anilines is 1. The minimum Gasteiger partial charge on any atom is -0.495 e. The van der Waals surface area contributed by atoms with Gasteiger partial charge in [-0.15, -0.1) is 0 Å². The maximum atomic E-state index is 14.0. The number of amides is 2. The van der Waals surface area contributed by atoms with E-state index in [1.165, 1.54) is 13.2 Å². The maximum Gasteiger partial charge on any atom is 0.241 e. The van der Waals surface area contributed by atoms with Crippen LogP contribution in [0.25, 0.3) is 0 Å². The van der Waals surface area contributed by atoms with Crippen LogP contribution in [0.3, 0.4) is 0 Å². The summed E-state index contributed by atoms with van der Waals surface area (Å²) in [5.41, 5.74) is -0.0121. The summed E-state index contributed by atoms with van der Waals surface area (Å²) in [6.45, 7) is 1.92. The number of ether oxygens (including phenoxy) is 2. The zero-order valence-corrected chi connectivity index (χ0v) is 20.1. The molecule has 8 heteroatoms. The smallest absolute Gasteiger partial charge is 0.241 e. The SMILES string of the molecule is COc1ccc(Cl)cc1N1C(=O)[C@@H]2[C@@H](c3ccc(C)cc3)OC3(C(=O)c4ccccc4C3=O)[C@H]2C1=O. The highest BCUT2D eigenvalue weighted by atomic mass is 35.5. The number of rotatable bonds is 3. The summed E-state index contributed by atoms with van der Waals surface area (Å²) in [6, 6.07) is 18.3. The number of Topliss-reactive ketones (excluding diaryl/α,β-unsaturated/α-hetero) is 2. The lowest BCUT2D eigenvalue weighted by atomic mass is 9.77. The molecule has 180 valence electrons. The van der Waals surface area contributed by atoms with Crippen LogP contribution in [0.5, 0.6) is 5.75 Å². The first kappa shape index (κ1) is 22.6. The number of ketones is 2. The summed E-state index contributed by atoms with van der Waals surface area (Å²) in [7, 11) is 1.42. The van der Waals surface area contributed by atoms with Gasteiger partial charge in [0.1, 0.15) is 5.75 Å². The van der Waals surface area contributed by atoms with Crippen molar-refractivity contribution in [2.45, 2.75) is 18.6 Å². The Morgan fingerprint density at radius 3 is 2.14 bits per heavy atom. The lowest BCUT2D eigenvalue weighted by molar-refractivity contribution is -0.127. The summed E-state index contributed by atoms with van der Waals surface area (Å²) in [4.78, 5) is 56.6. The van der Waals surface area contributed by atoms with Crippen molar-refractivity contribution in [2.24, 2.45) is 11.8 Å². The van der Waals surface area contributed by atoms with Gasteiger partial charge in [-0.25, -0.2) is 4.90 Å². The molecule has 2 amide bonds. The molecule has 3 aliphatic rings. The van der Waals surface area contributed by atoms with Gasteiger partial charge in [0.25, 0.3) is 0 Å². The second-order valence-electron chi connectivity index (χ2n) is 9.22. The van der Waals surface area contributed by atoms with E-state index in [0.29, 0.717) is 10.6 Å². The van der Waals surface area contributed by atoms with Gasteiger partial charge < -0.3 is 9.47 Å². The van der Waals surface area contributed by atoms with Crippen LogP contribution in [0.4, 0.5) is 5.69 Å². The molecule has 0 aromatic heterocycles. The van der Waals surface area contributed by atoms with Crippen molar-refractivity contribution in [3.63, 3.8) is 0 Å². The highest BCUT2D eigenvalue weighted by molar-refractivity contribution is 6.37. The molecule has 36 heavy (non-hydrogen) atoms. The molecule has 1 spiro atoms. The number of imide groups is 1. The largest absolute Gasteiger partial charge is 0.495 e. The third-order valence-electron chi connectivity index (χ3n) is 7.31. The van der Waals surface area contributed by atoms with E-state index < -0.39 is 46.9 Å². The second kappa shape index (κ2) is 7.85. The van der Waals surface area contributed by atoms with Crippen molar-refractivity contribution < 1.29 is 28.7 Å². The topological polar surface area (TPSA) is 90.0 Å². The predicted octanol–water partition coefficient (Wildman–Crippen LogP) is 4.35. The van der Waals surface area contributed by atoms with Crippen molar-refractivity contribution in [2.75, 3.05) is 12.0 Å². The molecule has 0 saturated carbocycles. The zero-order valence-electron chi connectivity index (χ0n) is 19.4. The Kier molecular flexibility index (Phi) is 4.94. The average Bonchev–Trinajstić information content (AvgIpc) is 3.44. The number of methoxy groups -OCH3 is 1. The normalized spacial score (nSPS) is 24.0. The lowest BCUT2D eigenvalue weighted by Gasteiger charge is -2.27. The summed E-state index contributed by atoms with van der Waals surface area (Å²) in [5.74, 6) is -4.66. The lowest BCUT2D eigenvalue weighted by Crippen LogP contribution is -2.51. The van der Waals surface area contributed by atoms with E-state index in [1.54, 1.807) is 48.5 Å². The fourth-order valence-corrected chi connectivity index (χ4v) is 5.82. The van der Waals surface area contributed by atoms with Crippen molar-refractivity contribution in [3.8, 4) is 5.75 Å². The molecule has 0 N–H and O–H groups in total. The number of nitrogens with zero attached hydrogens (tertiary/aromatic N) is 1. The molecule has 7 nitrogen and oxygen atoms in total. The first-order valence-electron chi connectivity index (χ1n) is 11.4. The second-order valence-corrected chi connectivity index (χ2v) is 9.66. The minimum atomic E-state index is -2.13. The van der Waals surface area contributed by atoms with Gasteiger partial charge >= 0.3 is 0 Å². The summed E-state index contributed by atoms with van der Waals surface area (Å²) in [5, 5.41) is 0.296. The Balaban J connectivity index is 1.56. The fraction of sp³-hybridized carbons (Fsp3) is 0.214. The minimum absolute atomic E-state index is 0.155. The van der Waals surface area contributed by atoms with E-state index in [4.69, 9.17) is 21.1 Å². The highest BCUT2D eigenvalue weighted by Crippen LogP contribution is 2.58. The van der Waals surface area contributed by atoms with Gasteiger partial charge in [0.2, 0.25) is 29.0 Å². The fourth-order valence-electron chi connectivity index (χ4n) is 5.65. The molecule has 2 aliphatic heterocycles. The van der Waals surface area contributed by atoms with Crippen molar-refractivity contribution in [1.82, 2.24) is 0 Å². The van der Waals surface area contributed by atoms with Crippen molar-refractivity contribution in [3.05, 3.63) is 94.0 Å². The molecule has 1 aliphatic carbocycles. The Morgan fingerprint density at radius 1 is 0.889 bits per heavy atom. The van der Waals surface area contributed by atoms with Gasteiger partial charge in [-0.3, -0.25) is 19.2 Å². The molecule has 2 saturated heterocycles. The molecule has 3 aromatic carbocycles. The summed E-state index contributed by atoms with van der Waals surface area (Å²) < 4.78 is 11.7. The monoisotopic (exact) mass is 501 g/mol. The molecule has 0 bridgehead atoms. The molecule has 3 aromatic rings. The van der Waals surface area contributed by atoms with E-state index in [1.807, 2.05) is 19.1 Å². The number of carbonyl (C=O) groups is 4. The molecule has 2 heterocycles. The van der Waals surface area contributed by atoms with E-state index in [2.05, 4.69) is 0 Å². The first-order valence-corrected chi connectivity index (χ1v) is 11.8. The number of hydrogen-bond donors (Lipinski definition) is 0. The molecule has 2 fully saturated rings. The van der Waals surface area contributed by atoms with Crippen LogP contribution >= 0.6 is 11.6 Å². The summed E-state index contributed by atoms with van der Waals surface area (Å²) >= 11 is 6.20. The van der Waals surface area contributed by atoms with Gasteiger partial charge in [0, 0.05) is 16.1 Å². The van der Waals surface area contributed by atoms with Crippen molar-refractivity contribution in [1.29, 1.82) is 0 Å². The van der Waals surface area contributed by atoms with Crippen LogP contribution in [0.15, 0.2) is 66.7 Å². The third-order valence-corrected chi connectivity index (χ3v) is 7.54. The Morgan fingerprint density at radius 2 is 1.53 bits per heavy atom.